The molecule has 0 saturated heterocycles. The van der Waals surface area contributed by atoms with Crippen molar-refractivity contribution in [3.05, 3.63) is 16.4 Å². The molecular formula is C13H24ClN3O2. The predicted molar refractivity (Wildman–Crippen MR) is 76.5 cm³/mol. The first-order valence-corrected chi connectivity index (χ1v) is 7.00. The molecule has 0 aliphatic heterocycles. The SMILES string of the molecule is CCc1nn(CC)c(CN(C)CC(O)COC)c1Cl. The van der Waals surface area contributed by atoms with Crippen LogP contribution in [0.15, 0.2) is 0 Å². The van der Waals surface area contributed by atoms with Crippen LogP contribution in [0, 0.1) is 0 Å². The molecule has 1 aromatic rings. The largest absolute Gasteiger partial charge is 0.389 e. The summed E-state index contributed by atoms with van der Waals surface area (Å²) in [4.78, 5) is 2.03. The minimum absolute atomic E-state index is 0.339. The van der Waals surface area contributed by atoms with Crippen molar-refractivity contribution in [3.8, 4) is 0 Å². The smallest absolute Gasteiger partial charge is 0.0900 e. The van der Waals surface area contributed by atoms with Gasteiger partial charge in [-0.2, -0.15) is 5.10 Å². The zero-order chi connectivity index (χ0) is 14.4. The molecule has 1 aromatic heterocycles. The van der Waals surface area contributed by atoms with E-state index in [0.717, 1.165) is 29.4 Å². The van der Waals surface area contributed by atoms with Crippen LogP contribution < -0.4 is 0 Å². The average Bonchev–Trinajstić information content (AvgIpc) is 2.66. The molecule has 0 radical (unpaired) electrons. The van der Waals surface area contributed by atoms with E-state index in [1.807, 2.05) is 30.5 Å². The molecule has 0 aliphatic carbocycles. The van der Waals surface area contributed by atoms with Crippen LogP contribution >= 0.6 is 11.6 Å². The number of methoxy groups -OCH3 is 1. The van der Waals surface area contributed by atoms with Crippen molar-refractivity contribution in [2.45, 2.75) is 39.5 Å². The van der Waals surface area contributed by atoms with Gasteiger partial charge in [0.2, 0.25) is 0 Å². The molecule has 1 N–H and O–H groups in total. The summed E-state index contributed by atoms with van der Waals surface area (Å²) in [5, 5.41) is 15.0. The number of aliphatic hydroxyl groups excluding tert-OH is 1. The molecule has 1 heterocycles. The third-order valence-corrected chi connectivity index (χ3v) is 3.43. The summed E-state index contributed by atoms with van der Waals surface area (Å²) in [5.74, 6) is 0. The number of hydrogen-bond donors (Lipinski definition) is 1. The number of aryl methyl sites for hydroxylation is 2. The van der Waals surface area contributed by atoms with Crippen molar-refractivity contribution in [1.82, 2.24) is 14.7 Å². The Morgan fingerprint density at radius 3 is 2.68 bits per heavy atom. The van der Waals surface area contributed by atoms with Gasteiger partial charge in [-0.1, -0.05) is 18.5 Å². The normalized spacial score (nSPS) is 13.2. The van der Waals surface area contributed by atoms with Gasteiger partial charge in [0.05, 0.1) is 29.1 Å². The molecule has 0 spiro atoms. The van der Waals surface area contributed by atoms with Crippen LogP contribution in [0.3, 0.4) is 0 Å². The Morgan fingerprint density at radius 1 is 1.47 bits per heavy atom. The van der Waals surface area contributed by atoms with Crippen LogP contribution in [0.1, 0.15) is 25.2 Å². The molecule has 1 unspecified atom stereocenters. The van der Waals surface area contributed by atoms with E-state index in [0.29, 0.717) is 19.7 Å². The second-order valence-electron chi connectivity index (χ2n) is 4.68. The summed E-state index contributed by atoms with van der Waals surface area (Å²) in [6.45, 7) is 6.44. The van der Waals surface area contributed by atoms with Gasteiger partial charge in [0, 0.05) is 26.7 Å². The first-order chi connectivity index (χ1) is 9.03. The topological polar surface area (TPSA) is 50.5 Å². The number of aliphatic hydroxyl groups is 1. The Hall–Kier alpha value is -0.620. The minimum atomic E-state index is -0.489. The van der Waals surface area contributed by atoms with Gasteiger partial charge < -0.3 is 9.84 Å². The lowest BCUT2D eigenvalue weighted by atomic mass is 10.2. The molecule has 0 aliphatic rings. The fourth-order valence-corrected chi connectivity index (χ4v) is 2.42. The summed E-state index contributed by atoms with van der Waals surface area (Å²) in [5.41, 5.74) is 1.94. The van der Waals surface area contributed by atoms with Gasteiger partial charge in [0.15, 0.2) is 0 Å². The van der Waals surface area contributed by atoms with Gasteiger partial charge >= 0.3 is 0 Å². The Bertz CT molecular complexity index is 395. The number of aromatic nitrogens is 2. The molecular weight excluding hydrogens is 266 g/mol. The van der Waals surface area contributed by atoms with Crippen molar-refractivity contribution in [2.24, 2.45) is 0 Å². The number of likely N-dealkylation sites (N-methyl/N-ethyl adjacent to an activating group) is 1. The highest BCUT2D eigenvalue weighted by Gasteiger charge is 2.17. The number of hydrogen-bond acceptors (Lipinski definition) is 4. The first kappa shape index (κ1) is 16.4. The molecule has 1 atom stereocenters. The Labute approximate surface area is 120 Å². The molecule has 5 nitrogen and oxygen atoms in total. The van der Waals surface area contributed by atoms with Gasteiger partial charge in [-0.05, 0) is 20.4 Å². The molecule has 0 bridgehead atoms. The Balaban J connectivity index is 2.72. The number of rotatable bonds is 8. The van der Waals surface area contributed by atoms with E-state index in [9.17, 15) is 5.11 Å². The van der Waals surface area contributed by atoms with Crippen LogP contribution in [0.2, 0.25) is 5.02 Å². The monoisotopic (exact) mass is 289 g/mol. The minimum Gasteiger partial charge on any atom is -0.389 e. The van der Waals surface area contributed by atoms with E-state index in [2.05, 4.69) is 5.10 Å². The van der Waals surface area contributed by atoms with Crippen molar-refractivity contribution < 1.29 is 9.84 Å². The van der Waals surface area contributed by atoms with Crippen molar-refractivity contribution in [2.75, 3.05) is 27.3 Å². The van der Waals surface area contributed by atoms with Gasteiger partial charge in [-0.15, -0.1) is 0 Å². The molecule has 19 heavy (non-hydrogen) atoms. The lowest BCUT2D eigenvalue weighted by Crippen LogP contribution is -2.32. The Morgan fingerprint density at radius 2 is 2.16 bits per heavy atom. The maximum Gasteiger partial charge on any atom is 0.0900 e. The lowest BCUT2D eigenvalue weighted by Gasteiger charge is -2.20. The third kappa shape index (κ3) is 4.45. The van der Waals surface area contributed by atoms with E-state index < -0.39 is 6.10 Å². The Kier molecular flexibility index (Phi) is 6.79. The predicted octanol–water partition coefficient (Wildman–Crippen LogP) is 1.56. The fraction of sp³-hybridized carbons (Fsp3) is 0.769. The number of ether oxygens (including phenoxy) is 1. The van der Waals surface area contributed by atoms with Crippen molar-refractivity contribution in [1.29, 1.82) is 0 Å². The molecule has 110 valence electrons. The molecule has 0 amide bonds. The van der Waals surface area contributed by atoms with E-state index in [4.69, 9.17) is 16.3 Å². The van der Waals surface area contributed by atoms with Gasteiger partial charge in [-0.3, -0.25) is 9.58 Å². The fourth-order valence-electron chi connectivity index (χ4n) is 2.09. The second-order valence-corrected chi connectivity index (χ2v) is 5.06. The quantitative estimate of drug-likeness (QED) is 0.789. The molecule has 1 rings (SSSR count). The highest BCUT2D eigenvalue weighted by Crippen LogP contribution is 2.22. The van der Waals surface area contributed by atoms with Gasteiger partial charge in [0.1, 0.15) is 0 Å². The average molecular weight is 290 g/mol. The molecule has 0 fully saturated rings. The zero-order valence-electron chi connectivity index (χ0n) is 12.2. The highest BCUT2D eigenvalue weighted by atomic mass is 35.5. The van der Waals surface area contributed by atoms with E-state index in [1.165, 1.54) is 0 Å². The van der Waals surface area contributed by atoms with Gasteiger partial charge in [0.25, 0.3) is 0 Å². The standard InChI is InChI=1S/C13H24ClN3O2/c1-5-11-13(14)12(17(6-2)15-11)8-16(3)7-10(18)9-19-4/h10,18H,5-9H2,1-4H3. The maximum atomic E-state index is 9.72. The number of nitrogens with zero attached hydrogens (tertiary/aromatic N) is 3. The van der Waals surface area contributed by atoms with E-state index in [1.54, 1.807) is 7.11 Å². The van der Waals surface area contributed by atoms with Crippen LogP contribution in [0.25, 0.3) is 0 Å². The number of halogens is 1. The van der Waals surface area contributed by atoms with Crippen LogP contribution in [-0.2, 0) is 24.2 Å². The molecule has 0 aromatic carbocycles. The summed E-state index contributed by atoms with van der Waals surface area (Å²) >= 11 is 6.35. The molecule has 0 saturated carbocycles. The van der Waals surface area contributed by atoms with Crippen LogP contribution in [-0.4, -0.2) is 53.2 Å². The first-order valence-electron chi connectivity index (χ1n) is 6.63. The highest BCUT2D eigenvalue weighted by molar-refractivity contribution is 6.31. The van der Waals surface area contributed by atoms with Crippen LogP contribution in [0.4, 0.5) is 0 Å². The summed E-state index contributed by atoms with van der Waals surface area (Å²) in [6.07, 6.45) is 0.340. The summed E-state index contributed by atoms with van der Waals surface area (Å²) < 4.78 is 6.86. The van der Waals surface area contributed by atoms with E-state index >= 15 is 0 Å². The summed E-state index contributed by atoms with van der Waals surface area (Å²) in [6, 6.07) is 0. The maximum absolute atomic E-state index is 9.72. The van der Waals surface area contributed by atoms with Gasteiger partial charge in [-0.25, -0.2) is 0 Å². The van der Waals surface area contributed by atoms with E-state index in [-0.39, 0.29) is 0 Å². The summed E-state index contributed by atoms with van der Waals surface area (Å²) in [7, 11) is 3.54. The van der Waals surface area contributed by atoms with Crippen molar-refractivity contribution in [3.63, 3.8) is 0 Å². The van der Waals surface area contributed by atoms with Crippen molar-refractivity contribution >= 4 is 11.6 Å². The third-order valence-electron chi connectivity index (χ3n) is 3.00. The lowest BCUT2D eigenvalue weighted by molar-refractivity contribution is 0.0414. The zero-order valence-corrected chi connectivity index (χ0v) is 12.9. The second kappa shape index (κ2) is 7.85. The van der Waals surface area contributed by atoms with Crippen LogP contribution in [0.5, 0.6) is 0 Å². The molecule has 6 heteroatoms.